The summed E-state index contributed by atoms with van der Waals surface area (Å²) in [5, 5.41) is 9.33. The van der Waals surface area contributed by atoms with Crippen LogP contribution < -0.4 is 25.5 Å². The largest absolute Gasteiger partial charge is 0.494 e. The molecule has 38 heavy (non-hydrogen) atoms. The lowest BCUT2D eigenvalue weighted by molar-refractivity contribution is -0.136. The first-order chi connectivity index (χ1) is 18.2. The Balaban J connectivity index is 1.46. The Morgan fingerprint density at radius 1 is 0.921 bits per heavy atom. The van der Waals surface area contributed by atoms with Gasteiger partial charge in [0.2, 0.25) is 0 Å². The summed E-state index contributed by atoms with van der Waals surface area (Å²) in [6.45, 7) is 6.27. The molecule has 0 atom stereocenters. The molecule has 0 heterocycles. The molecular formula is C28H29ClN4O5. The summed E-state index contributed by atoms with van der Waals surface area (Å²) in [5.74, 6) is -1.14. The number of ether oxygens (including phenoxy) is 2. The van der Waals surface area contributed by atoms with Crippen molar-refractivity contribution >= 4 is 46.9 Å². The number of hydrazone groups is 1. The first-order valence-corrected chi connectivity index (χ1v) is 12.3. The van der Waals surface area contributed by atoms with Crippen LogP contribution in [0.2, 0.25) is 5.02 Å². The van der Waals surface area contributed by atoms with Gasteiger partial charge in [-0.3, -0.25) is 14.4 Å². The summed E-state index contributed by atoms with van der Waals surface area (Å²) in [4.78, 5) is 36.4. The van der Waals surface area contributed by atoms with E-state index in [9.17, 15) is 14.4 Å². The van der Waals surface area contributed by atoms with Crippen molar-refractivity contribution in [2.24, 2.45) is 5.10 Å². The fraction of sp³-hybridized carbons (Fsp3) is 0.214. The van der Waals surface area contributed by atoms with Crippen molar-refractivity contribution in [2.45, 2.75) is 27.2 Å². The molecule has 198 valence electrons. The smallest absolute Gasteiger partial charge is 0.329 e. The molecule has 0 aliphatic rings. The number of nitrogens with zero attached hydrogens (tertiary/aromatic N) is 1. The molecule has 0 radical (unpaired) electrons. The molecule has 0 spiro atoms. The zero-order valence-electron chi connectivity index (χ0n) is 21.3. The van der Waals surface area contributed by atoms with Crippen LogP contribution in [0.4, 0.5) is 11.4 Å². The average molecular weight is 537 g/mol. The summed E-state index contributed by atoms with van der Waals surface area (Å²) in [6.07, 6.45) is 2.21. The van der Waals surface area contributed by atoms with Gasteiger partial charge in [0.25, 0.3) is 5.91 Å². The lowest BCUT2D eigenvalue weighted by atomic mass is 10.1. The summed E-state index contributed by atoms with van der Waals surface area (Å²) in [6, 6.07) is 17.2. The lowest BCUT2D eigenvalue weighted by Crippen LogP contribution is -2.32. The minimum atomic E-state index is -0.937. The van der Waals surface area contributed by atoms with Crippen LogP contribution >= 0.6 is 11.6 Å². The van der Waals surface area contributed by atoms with Crippen molar-refractivity contribution in [3.8, 4) is 11.5 Å². The monoisotopic (exact) mass is 536 g/mol. The number of carbonyl (C=O) groups is 3. The first-order valence-electron chi connectivity index (χ1n) is 11.9. The lowest BCUT2D eigenvalue weighted by Gasteiger charge is -2.11. The average Bonchev–Trinajstić information content (AvgIpc) is 2.89. The molecule has 0 saturated heterocycles. The van der Waals surface area contributed by atoms with E-state index in [0.29, 0.717) is 35.0 Å². The molecule has 0 unspecified atom stereocenters. The third kappa shape index (κ3) is 8.63. The van der Waals surface area contributed by atoms with Crippen molar-refractivity contribution in [3.05, 3.63) is 82.4 Å². The van der Waals surface area contributed by atoms with E-state index in [-0.39, 0.29) is 17.5 Å². The van der Waals surface area contributed by atoms with Gasteiger partial charge in [0.15, 0.2) is 6.61 Å². The Hall–Kier alpha value is -4.37. The van der Waals surface area contributed by atoms with E-state index < -0.39 is 11.8 Å². The molecule has 3 aromatic carbocycles. The Kier molecular flexibility index (Phi) is 10.2. The number of carbonyl (C=O) groups excluding carboxylic acids is 3. The zero-order valence-corrected chi connectivity index (χ0v) is 22.1. The van der Waals surface area contributed by atoms with Crippen molar-refractivity contribution in [1.82, 2.24) is 5.43 Å². The van der Waals surface area contributed by atoms with E-state index in [1.54, 1.807) is 42.5 Å². The molecule has 3 rings (SSSR count). The van der Waals surface area contributed by atoms with E-state index in [4.69, 9.17) is 21.1 Å². The van der Waals surface area contributed by atoms with Gasteiger partial charge in [0, 0.05) is 11.4 Å². The van der Waals surface area contributed by atoms with Crippen LogP contribution in [0, 0.1) is 13.8 Å². The number of hydrogen-bond acceptors (Lipinski definition) is 6. The maximum absolute atomic E-state index is 12.3. The zero-order chi connectivity index (χ0) is 27.5. The number of amides is 3. The Morgan fingerprint density at radius 3 is 2.37 bits per heavy atom. The van der Waals surface area contributed by atoms with Crippen LogP contribution in [0.15, 0.2) is 65.8 Å². The van der Waals surface area contributed by atoms with E-state index >= 15 is 0 Å². The molecular weight excluding hydrogens is 508 g/mol. The van der Waals surface area contributed by atoms with Crippen molar-refractivity contribution in [2.75, 3.05) is 23.8 Å². The van der Waals surface area contributed by atoms with Crippen LogP contribution in [0.3, 0.4) is 0 Å². The second kappa shape index (κ2) is 13.8. The molecule has 10 heteroatoms. The second-order valence-electron chi connectivity index (χ2n) is 8.37. The maximum atomic E-state index is 12.3. The summed E-state index contributed by atoms with van der Waals surface area (Å²) < 4.78 is 11.0. The van der Waals surface area contributed by atoms with Crippen molar-refractivity contribution in [3.63, 3.8) is 0 Å². The Morgan fingerprint density at radius 2 is 1.68 bits per heavy atom. The third-order valence-corrected chi connectivity index (χ3v) is 5.44. The fourth-order valence-corrected chi connectivity index (χ4v) is 3.50. The normalized spacial score (nSPS) is 10.6. The standard InChI is InChI=1S/C28H29ClN4O5/c1-4-13-37-22-9-7-21(8-10-22)31-27(35)28(36)33-30-16-20-6-12-25(23(29)15-20)38-17-26(34)32-24-11-5-18(2)14-19(24)3/h5-12,14-16H,4,13,17H2,1-3H3,(H,31,35)(H,32,34)(H,33,36)/b30-16-. The minimum Gasteiger partial charge on any atom is -0.494 e. The predicted molar refractivity (Wildman–Crippen MR) is 148 cm³/mol. The van der Waals surface area contributed by atoms with E-state index in [1.807, 2.05) is 39.0 Å². The van der Waals surface area contributed by atoms with Crippen LogP contribution in [0.1, 0.15) is 30.0 Å². The molecule has 0 aliphatic heterocycles. The molecule has 9 nitrogen and oxygen atoms in total. The Labute approximate surface area is 226 Å². The number of hydrogen-bond donors (Lipinski definition) is 3. The number of anilines is 2. The number of rotatable bonds is 10. The number of halogens is 1. The van der Waals surface area contributed by atoms with Gasteiger partial charge in [-0.1, -0.05) is 36.2 Å². The summed E-state index contributed by atoms with van der Waals surface area (Å²) >= 11 is 6.26. The second-order valence-corrected chi connectivity index (χ2v) is 8.78. The molecule has 3 amide bonds. The number of benzene rings is 3. The van der Waals surface area contributed by atoms with Gasteiger partial charge in [-0.25, -0.2) is 5.43 Å². The van der Waals surface area contributed by atoms with E-state index in [0.717, 1.165) is 17.5 Å². The van der Waals surface area contributed by atoms with Crippen molar-refractivity contribution in [1.29, 1.82) is 0 Å². The topological polar surface area (TPSA) is 118 Å². The molecule has 3 aromatic rings. The Bertz CT molecular complexity index is 1330. The van der Waals surface area contributed by atoms with E-state index in [2.05, 4.69) is 21.2 Å². The quantitative estimate of drug-likeness (QED) is 0.194. The SMILES string of the molecule is CCCOc1ccc(NC(=O)C(=O)N/N=C\c2ccc(OCC(=O)Nc3ccc(C)cc3C)c(Cl)c2)cc1. The molecule has 3 N–H and O–H groups in total. The highest BCUT2D eigenvalue weighted by atomic mass is 35.5. The van der Waals surface area contributed by atoms with Gasteiger partial charge in [0.05, 0.1) is 17.8 Å². The van der Waals surface area contributed by atoms with E-state index in [1.165, 1.54) is 6.21 Å². The van der Waals surface area contributed by atoms with Crippen LogP contribution in [0.25, 0.3) is 0 Å². The van der Waals surface area contributed by atoms with Gasteiger partial charge in [-0.2, -0.15) is 5.10 Å². The molecule has 0 fully saturated rings. The maximum Gasteiger partial charge on any atom is 0.329 e. The highest BCUT2D eigenvalue weighted by Gasteiger charge is 2.13. The number of nitrogens with one attached hydrogen (secondary N) is 3. The van der Waals surface area contributed by atoms with Crippen molar-refractivity contribution < 1.29 is 23.9 Å². The van der Waals surface area contributed by atoms with Gasteiger partial charge < -0.3 is 20.1 Å². The fourth-order valence-electron chi connectivity index (χ4n) is 3.26. The highest BCUT2D eigenvalue weighted by molar-refractivity contribution is 6.39. The third-order valence-electron chi connectivity index (χ3n) is 5.14. The predicted octanol–water partition coefficient (Wildman–Crippen LogP) is 4.85. The van der Waals surface area contributed by atoms with Gasteiger partial charge in [0.1, 0.15) is 11.5 Å². The highest BCUT2D eigenvalue weighted by Crippen LogP contribution is 2.25. The van der Waals surface area contributed by atoms with Crippen LogP contribution in [-0.4, -0.2) is 37.1 Å². The minimum absolute atomic E-state index is 0.222. The number of aryl methyl sites for hydroxylation is 2. The molecule has 0 aliphatic carbocycles. The van der Waals surface area contributed by atoms with Gasteiger partial charge in [-0.05, 0) is 79.9 Å². The van der Waals surface area contributed by atoms with Gasteiger partial charge in [-0.15, -0.1) is 0 Å². The molecule has 0 bridgehead atoms. The molecule has 0 aromatic heterocycles. The first kappa shape index (κ1) is 28.2. The summed E-state index contributed by atoms with van der Waals surface area (Å²) in [7, 11) is 0. The van der Waals surface area contributed by atoms with Gasteiger partial charge >= 0.3 is 11.8 Å². The van der Waals surface area contributed by atoms with Crippen LogP contribution in [0.5, 0.6) is 11.5 Å². The summed E-state index contributed by atoms with van der Waals surface area (Å²) in [5.41, 5.74) is 5.93. The molecule has 0 saturated carbocycles. The van der Waals surface area contributed by atoms with Crippen LogP contribution in [-0.2, 0) is 14.4 Å².